The second-order valence-corrected chi connectivity index (χ2v) is 6.93. The number of benzene rings is 2. The Morgan fingerprint density at radius 3 is 2.14 bits per heavy atom. The van der Waals surface area contributed by atoms with E-state index in [0.29, 0.717) is 0 Å². The normalized spacial score (nSPS) is 22.9. The highest BCUT2D eigenvalue weighted by molar-refractivity contribution is 6.52. The van der Waals surface area contributed by atoms with E-state index >= 15 is 0 Å². The summed E-state index contributed by atoms with van der Waals surface area (Å²) in [5, 5.41) is 0.0806. The molecule has 0 radical (unpaired) electrons. The van der Waals surface area contributed by atoms with Crippen LogP contribution in [0.25, 0.3) is 0 Å². The lowest BCUT2D eigenvalue weighted by molar-refractivity contribution is 0.414. The van der Waals surface area contributed by atoms with Crippen LogP contribution in [0.5, 0.6) is 5.75 Å². The summed E-state index contributed by atoms with van der Waals surface area (Å²) in [5.74, 6) is 0.174. The van der Waals surface area contributed by atoms with Crippen molar-refractivity contribution in [2.24, 2.45) is 0 Å². The largest absolute Gasteiger partial charge is 0.497 e. The second-order valence-electron chi connectivity index (χ2n) is 5.08. The molecule has 2 aromatic carbocycles. The van der Waals surface area contributed by atoms with Crippen LogP contribution in [0, 0.1) is 5.82 Å². The van der Waals surface area contributed by atoms with Gasteiger partial charge in [-0.25, -0.2) is 4.39 Å². The van der Waals surface area contributed by atoms with Gasteiger partial charge in [0.2, 0.25) is 0 Å². The number of methoxy groups -OCH3 is 1. The highest BCUT2D eigenvalue weighted by Crippen LogP contribution is 2.70. The summed E-state index contributed by atoms with van der Waals surface area (Å²) in [5.41, 5.74) is 1.86. The van der Waals surface area contributed by atoms with Gasteiger partial charge >= 0.3 is 0 Å². The van der Waals surface area contributed by atoms with Crippen molar-refractivity contribution >= 4 is 34.8 Å². The number of halogens is 4. The molecule has 0 amide bonds. The van der Waals surface area contributed by atoms with Crippen molar-refractivity contribution in [3.05, 3.63) is 64.4 Å². The molecule has 0 bridgehead atoms. The van der Waals surface area contributed by atoms with Gasteiger partial charge in [-0.1, -0.05) is 29.8 Å². The number of rotatable bonds is 3. The molecule has 0 heterocycles. The van der Waals surface area contributed by atoms with E-state index in [1.807, 2.05) is 24.3 Å². The Bertz CT molecular complexity index is 670. The molecule has 1 saturated carbocycles. The molecule has 1 aliphatic carbocycles. The quantitative estimate of drug-likeness (QED) is 0.663. The molecule has 1 aliphatic rings. The molecule has 0 saturated heterocycles. The Morgan fingerprint density at radius 2 is 1.57 bits per heavy atom. The van der Waals surface area contributed by atoms with Crippen LogP contribution in [0.2, 0.25) is 5.02 Å². The lowest BCUT2D eigenvalue weighted by atomic mass is 10.0. The Morgan fingerprint density at radius 1 is 1.00 bits per heavy atom. The third kappa shape index (κ3) is 2.61. The van der Waals surface area contributed by atoms with Gasteiger partial charge in [-0.3, -0.25) is 0 Å². The third-order valence-corrected chi connectivity index (χ3v) is 5.06. The molecule has 1 nitrogen and oxygen atoms in total. The molecule has 0 aliphatic heterocycles. The minimum atomic E-state index is -0.907. The summed E-state index contributed by atoms with van der Waals surface area (Å²) in [6.07, 6.45) is 0. The summed E-state index contributed by atoms with van der Waals surface area (Å²) >= 11 is 18.6. The molecule has 0 spiro atoms. The lowest BCUT2D eigenvalue weighted by Crippen LogP contribution is -1.91. The number of alkyl halides is 2. The van der Waals surface area contributed by atoms with E-state index in [1.54, 1.807) is 19.2 Å². The fraction of sp³-hybridized carbons (Fsp3) is 0.250. The Labute approximate surface area is 137 Å². The Balaban J connectivity index is 1.91. The Kier molecular flexibility index (Phi) is 3.81. The number of ether oxygens (including phenoxy) is 1. The summed E-state index contributed by atoms with van der Waals surface area (Å²) in [6.45, 7) is 0. The smallest absolute Gasteiger partial charge is 0.141 e. The van der Waals surface area contributed by atoms with Crippen LogP contribution < -0.4 is 4.74 Å². The monoisotopic (exact) mass is 344 g/mol. The minimum Gasteiger partial charge on any atom is -0.497 e. The van der Waals surface area contributed by atoms with Crippen LogP contribution in [-0.2, 0) is 0 Å². The van der Waals surface area contributed by atoms with Crippen LogP contribution in [-0.4, -0.2) is 11.4 Å². The van der Waals surface area contributed by atoms with Crippen molar-refractivity contribution in [2.75, 3.05) is 7.11 Å². The molecule has 0 aromatic heterocycles. The van der Waals surface area contributed by atoms with Crippen LogP contribution in [0.15, 0.2) is 42.5 Å². The van der Waals surface area contributed by atoms with Crippen molar-refractivity contribution in [3.8, 4) is 5.75 Å². The second kappa shape index (κ2) is 5.35. The van der Waals surface area contributed by atoms with E-state index < -0.39 is 10.2 Å². The molecule has 0 N–H and O–H groups in total. The van der Waals surface area contributed by atoms with Gasteiger partial charge in [0.25, 0.3) is 0 Å². The molecule has 21 heavy (non-hydrogen) atoms. The first-order valence-electron chi connectivity index (χ1n) is 6.42. The fourth-order valence-electron chi connectivity index (χ4n) is 2.67. The van der Waals surface area contributed by atoms with Crippen molar-refractivity contribution in [2.45, 2.75) is 16.2 Å². The van der Waals surface area contributed by atoms with Crippen molar-refractivity contribution in [1.29, 1.82) is 0 Å². The topological polar surface area (TPSA) is 9.23 Å². The predicted molar refractivity (Wildman–Crippen MR) is 84.3 cm³/mol. The summed E-state index contributed by atoms with van der Waals surface area (Å²) in [6, 6.07) is 12.2. The molecule has 1 fully saturated rings. The van der Waals surface area contributed by atoms with E-state index in [-0.39, 0.29) is 16.9 Å². The van der Waals surface area contributed by atoms with Gasteiger partial charge in [0.15, 0.2) is 0 Å². The van der Waals surface area contributed by atoms with E-state index in [2.05, 4.69) is 0 Å². The van der Waals surface area contributed by atoms with E-state index in [9.17, 15) is 4.39 Å². The van der Waals surface area contributed by atoms with Crippen LogP contribution in [0.3, 0.4) is 0 Å². The average Bonchev–Trinajstić information content (AvgIpc) is 3.04. The van der Waals surface area contributed by atoms with Crippen LogP contribution in [0.1, 0.15) is 23.0 Å². The van der Waals surface area contributed by atoms with E-state index in [0.717, 1.165) is 16.9 Å². The molecular weight excluding hydrogens is 334 g/mol. The molecule has 2 aromatic rings. The zero-order valence-corrected chi connectivity index (χ0v) is 13.4. The van der Waals surface area contributed by atoms with Gasteiger partial charge in [-0.05, 0) is 35.4 Å². The zero-order chi connectivity index (χ0) is 15.2. The van der Waals surface area contributed by atoms with Gasteiger partial charge in [-0.15, -0.1) is 23.2 Å². The third-order valence-electron chi connectivity index (χ3n) is 3.83. The van der Waals surface area contributed by atoms with Gasteiger partial charge < -0.3 is 4.74 Å². The van der Waals surface area contributed by atoms with Gasteiger partial charge in [-0.2, -0.15) is 0 Å². The van der Waals surface area contributed by atoms with Crippen molar-refractivity contribution < 1.29 is 9.13 Å². The standard InChI is InChI=1S/C16H12Cl3FO/c1-21-11-5-2-9(3-6-11)14-15(16(14,18)19)10-4-7-13(20)12(17)8-10/h2-8,14-15H,1H3/t14-,15-/m0/s1. The van der Waals surface area contributed by atoms with Crippen LogP contribution in [0.4, 0.5) is 4.39 Å². The fourth-order valence-corrected chi connectivity index (χ4v) is 3.74. The highest BCUT2D eigenvalue weighted by Gasteiger charge is 2.64. The molecule has 5 heteroatoms. The highest BCUT2D eigenvalue weighted by atomic mass is 35.5. The zero-order valence-electron chi connectivity index (χ0n) is 11.1. The first kappa shape index (κ1) is 15.0. The van der Waals surface area contributed by atoms with Gasteiger partial charge in [0.1, 0.15) is 15.9 Å². The summed E-state index contributed by atoms with van der Waals surface area (Å²) < 4.78 is 17.5. The van der Waals surface area contributed by atoms with Gasteiger partial charge in [0, 0.05) is 11.8 Å². The molecular formula is C16H12Cl3FO. The maximum absolute atomic E-state index is 13.3. The molecule has 0 unspecified atom stereocenters. The maximum Gasteiger partial charge on any atom is 0.141 e. The maximum atomic E-state index is 13.3. The first-order chi connectivity index (χ1) is 9.95. The summed E-state index contributed by atoms with van der Waals surface area (Å²) in [7, 11) is 1.61. The minimum absolute atomic E-state index is 0.0479. The molecule has 2 atom stereocenters. The average molecular weight is 346 g/mol. The van der Waals surface area contributed by atoms with E-state index in [1.165, 1.54) is 6.07 Å². The van der Waals surface area contributed by atoms with Crippen molar-refractivity contribution in [3.63, 3.8) is 0 Å². The summed E-state index contributed by atoms with van der Waals surface area (Å²) in [4.78, 5) is 0. The molecule has 110 valence electrons. The first-order valence-corrected chi connectivity index (χ1v) is 7.55. The number of hydrogen-bond acceptors (Lipinski definition) is 1. The van der Waals surface area contributed by atoms with Crippen molar-refractivity contribution in [1.82, 2.24) is 0 Å². The molecule has 3 rings (SSSR count). The van der Waals surface area contributed by atoms with Crippen LogP contribution >= 0.6 is 34.8 Å². The predicted octanol–water partition coefficient (Wildman–Crippen LogP) is 5.54. The number of hydrogen-bond donors (Lipinski definition) is 0. The SMILES string of the molecule is COc1ccc([C@H]2[C@H](c3ccc(F)c(Cl)c3)C2(Cl)Cl)cc1. The lowest BCUT2D eigenvalue weighted by Gasteiger charge is -2.03. The van der Waals surface area contributed by atoms with Gasteiger partial charge in [0.05, 0.1) is 12.1 Å². The Hall–Kier alpha value is -0.960. The van der Waals surface area contributed by atoms with E-state index in [4.69, 9.17) is 39.5 Å².